The Labute approximate surface area is 109 Å². The molecule has 1 aromatic carbocycles. The van der Waals surface area contributed by atoms with Crippen LogP contribution >= 0.6 is 24.0 Å². The fourth-order valence-corrected chi connectivity index (χ4v) is 1.28. The smallest absolute Gasteiger partial charge is 0.319 e. The SMILES string of the molecule is Cl.N[C@H](c1ccc(Cl)cc1F)C(F)(F)C(F)(F)F. The first-order chi connectivity index (χ1) is 7.57. The predicted octanol–water partition coefficient (Wildman–Crippen LogP) is 4.10. The first-order valence-corrected chi connectivity index (χ1v) is 4.60. The maximum atomic E-state index is 13.2. The Balaban J connectivity index is 0.00000289. The molecule has 1 aromatic rings. The van der Waals surface area contributed by atoms with E-state index >= 15 is 0 Å². The minimum absolute atomic E-state index is 0. The molecule has 104 valence electrons. The molecule has 0 amide bonds. The van der Waals surface area contributed by atoms with E-state index in [1.54, 1.807) is 0 Å². The molecule has 1 atom stereocenters. The number of benzene rings is 1. The summed E-state index contributed by atoms with van der Waals surface area (Å²) in [5.41, 5.74) is 3.81. The van der Waals surface area contributed by atoms with Crippen LogP contribution in [0.3, 0.4) is 0 Å². The normalized spacial score (nSPS) is 14.0. The van der Waals surface area contributed by atoms with Crippen LogP contribution < -0.4 is 5.73 Å². The van der Waals surface area contributed by atoms with Crippen LogP contribution in [0.1, 0.15) is 11.6 Å². The highest BCUT2D eigenvalue weighted by Crippen LogP contribution is 2.43. The molecule has 0 radical (unpaired) electrons. The van der Waals surface area contributed by atoms with Crippen LogP contribution in [-0.4, -0.2) is 12.1 Å². The Kier molecular flexibility index (Phi) is 5.34. The largest absolute Gasteiger partial charge is 0.455 e. The Morgan fingerprint density at radius 2 is 1.61 bits per heavy atom. The Morgan fingerprint density at radius 3 is 2.00 bits per heavy atom. The Morgan fingerprint density at radius 1 is 1.11 bits per heavy atom. The van der Waals surface area contributed by atoms with Crippen LogP contribution in [0.2, 0.25) is 5.02 Å². The van der Waals surface area contributed by atoms with Crippen LogP contribution in [-0.2, 0) is 0 Å². The Hall–Kier alpha value is -0.660. The molecule has 2 N–H and O–H groups in total. The molecule has 0 aromatic heterocycles. The van der Waals surface area contributed by atoms with Crippen LogP contribution in [0, 0.1) is 5.82 Å². The third kappa shape index (κ3) is 3.21. The minimum Gasteiger partial charge on any atom is -0.319 e. The summed E-state index contributed by atoms with van der Waals surface area (Å²) in [6, 6.07) is -0.531. The number of hydrogen-bond donors (Lipinski definition) is 1. The first-order valence-electron chi connectivity index (χ1n) is 4.22. The standard InChI is InChI=1S/C9H6ClF6N.ClH/c10-4-1-2-5(6(11)3-4)7(17)8(12,13)9(14,15)16;/h1-3,7H,17H2;1H/t7-;/m1./s1. The van der Waals surface area contributed by atoms with E-state index in [9.17, 15) is 26.3 Å². The lowest BCUT2D eigenvalue weighted by atomic mass is 10.0. The van der Waals surface area contributed by atoms with Gasteiger partial charge in [0.2, 0.25) is 0 Å². The van der Waals surface area contributed by atoms with Gasteiger partial charge in [-0.1, -0.05) is 17.7 Å². The third-order valence-corrected chi connectivity index (χ3v) is 2.30. The number of rotatable bonds is 2. The van der Waals surface area contributed by atoms with E-state index in [0.717, 1.165) is 6.07 Å². The second kappa shape index (κ2) is 5.54. The van der Waals surface area contributed by atoms with Gasteiger partial charge in [-0.25, -0.2) is 4.39 Å². The summed E-state index contributed by atoms with van der Waals surface area (Å²) in [4.78, 5) is 0. The second-order valence-corrected chi connectivity index (χ2v) is 3.70. The van der Waals surface area contributed by atoms with Crippen molar-refractivity contribution in [3.05, 3.63) is 34.6 Å². The molecule has 1 rings (SSSR count). The van der Waals surface area contributed by atoms with Crippen molar-refractivity contribution in [2.24, 2.45) is 5.73 Å². The van der Waals surface area contributed by atoms with Gasteiger partial charge in [0.05, 0.1) is 0 Å². The quantitative estimate of drug-likeness (QED) is 0.817. The number of nitrogens with two attached hydrogens (primary N) is 1. The summed E-state index contributed by atoms with van der Waals surface area (Å²) in [5.74, 6) is -6.53. The molecule has 0 saturated carbocycles. The molecule has 0 aliphatic carbocycles. The van der Waals surface area contributed by atoms with E-state index in [1.165, 1.54) is 0 Å². The summed E-state index contributed by atoms with van der Waals surface area (Å²) in [7, 11) is 0. The molecule has 1 nitrogen and oxygen atoms in total. The molecule has 9 heteroatoms. The van der Waals surface area contributed by atoms with Crippen molar-refractivity contribution >= 4 is 24.0 Å². The highest BCUT2D eigenvalue weighted by molar-refractivity contribution is 6.30. The molecule has 0 fully saturated rings. The van der Waals surface area contributed by atoms with E-state index in [-0.39, 0.29) is 17.4 Å². The van der Waals surface area contributed by atoms with Crippen molar-refractivity contribution in [2.45, 2.75) is 18.1 Å². The lowest BCUT2D eigenvalue weighted by molar-refractivity contribution is -0.291. The minimum atomic E-state index is -5.85. The first kappa shape index (κ1) is 17.3. The van der Waals surface area contributed by atoms with E-state index in [4.69, 9.17) is 17.3 Å². The van der Waals surface area contributed by atoms with Gasteiger partial charge >= 0.3 is 12.1 Å². The van der Waals surface area contributed by atoms with Gasteiger partial charge in [0.1, 0.15) is 11.9 Å². The van der Waals surface area contributed by atoms with Crippen molar-refractivity contribution in [1.29, 1.82) is 0 Å². The molecule has 0 aliphatic rings. The van der Waals surface area contributed by atoms with Crippen LogP contribution in [0.5, 0.6) is 0 Å². The fraction of sp³-hybridized carbons (Fsp3) is 0.333. The van der Waals surface area contributed by atoms with Crippen molar-refractivity contribution in [1.82, 2.24) is 0 Å². The van der Waals surface area contributed by atoms with Crippen molar-refractivity contribution in [2.75, 3.05) is 0 Å². The van der Waals surface area contributed by atoms with Gasteiger partial charge in [0, 0.05) is 10.6 Å². The Bertz CT molecular complexity index is 420. The van der Waals surface area contributed by atoms with Crippen LogP contribution in [0.25, 0.3) is 0 Å². The lowest BCUT2D eigenvalue weighted by Gasteiger charge is -2.26. The summed E-state index contributed by atoms with van der Waals surface area (Å²) in [5, 5.41) is -0.131. The molecular formula is C9H7Cl2F6N. The molecule has 0 heterocycles. The summed E-state index contributed by atoms with van der Waals surface area (Å²) in [6.45, 7) is 0. The highest BCUT2D eigenvalue weighted by atomic mass is 35.5. The zero-order chi connectivity index (χ0) is 13.4. The highest BCUT2D eigenvalue weighted by Gasteiger charge is 2.62. The van der Waals surface area contributed by atoms with Gasteiger partial charge in [-0.15, -0.1) is 12.4 Å². The maximum absolute atomic E-state index is 13.2. The zero-order valence-corrected chi connectivity index (χ0v) is 10.0. The third-order valence-electron chi connectivity index (χ3n) is 2.07. The van der Waals surface area contributed by atoms with E-state index < -0.39 is 29.5 Å². The van der Waals surface area contributed by atoms with E-state index in [1.807, 2.05) is 0 Å². The molecule has 0 spiro atoms. The van der Waals surface area contributed by atoms with Gasteiger partial charge in [0.25, 0.3) is 0 Å². The van der Waals surface area contributed by atoms with Gasteiger partial charge in [-0.3, -0.25) is 0 Å². The van der Waals surface area contributed by atoms with E-state index in [2.05, 4.69) is 0 Å². The lowest BCUT2D eigenvalue weighted by Crippen LogP contribution is -2.46. The van der Waals surface area contributed by atoms with Crippen molar-refractivity contribution < 1.29 is 26.3 Å². The molecular weight excluding hydrogens is 307 g/mol. The van der Waals surface area contributed by atoms with Crippen molar-refractivity contribution in [3.8, 4) is 0 Å². The monoisotopic (exact) mass is 313 g/mol. The molecule has 0 aliphatic heterocycles. The number of halogens is 8. The number of alkyl halides is 5. The van der Waals surface area contributed by atoms with Gasteiger partial charge < -0.3 is 5.73 Å². The van der Waals surface area contributed by atoms with Gasteiger partial charge in [-0.05, 0) is 12.1 Å². The predicted molar refractivity (Wildman–Crippen MR) is 56.6 cm³/mol. The average molecular weight is 314 g/mol. The topological polar surface area (TPSA) is 26.0 Å². The molecule has 0 bridgehead atoms. The molecule has 18 heavy (non-hydrogen) atoms. The van der Waals surface area contributed by atoms with Crippen LogP contribution in [0.15, 0.2) is 18.2 Å². The zero-order valence-electron chi connectivity index (χ0n) is 8.44. The van der Waals surface area contributed by atoms with Gasteiger partial charge in [-0.2, -0.15) is 22.0 Å². The number of hydrogen-bond acceptors (Lipinski definition) is 1. The van der Waals surface area contributed by atoms with E-state index in [0.29, 0.717) is 12.1 Å². The fourth-order valence-electron chi connectivity index (χ4n) is 1.13. The average Bonchev–Trinajstić information content (AvgIpc) is 2.14. The molecule has 0 unspecified atom stereocenters. The summed E-state index contributed by atoms with van der Waals surface area (Å²) < 4.78 is 74.8. The summed E-state index contributed by atoms with van der Waals surface area (Å²) in [6.07, 6.45) is -5.85. The summed E-state index contributed by atoms with van der Waals surface area (Å²) >= 11 is 5.34. The second-order valence-electron chi connectivity index (χ2n) is 3.26. The van der Waals surface area contributed by atoms with Crippen molar-refractivity contribution in [3.63, 3.8) is 0 Å². The van der Waals surface area contributed by atoms with Crippen LogP contribution in [0.4, 0.5) is 26.3 Å². The maximum Gasteiger partial charge on any atom is 0.455 e. The molecule has 0 saturated heterocycles. The van der Waals surface area contributed by atoms with Gasteiger partial charge in [0.15, 0.2) is 0 Å².